The average molecular weight is 654 g/mol. The molecule has 0 radical (unpaired) electrons. The van der Waals surface area contributed by atoms with E-state index >= 15 is 0 Å². The fraction of sp³-hybridized carbons (Fsp3) is 0.0465. The fourth-order valence-electron chi connectivity index (χ4n) is 6.69. The van der Waals surface area contributed by atoms with E-state index in [9.17, 15) is 0 Å². The van der Waals surface area contributed by atoms with Crippen molar-refractivity contribution >= 4 is 78.0 Å². The third-order valence-electron chi connectivity index (χ3n) is 8.99. The van der Waals surface area contributed by atoms with Crippen LogP contribution in [0.15, 0.2) is 178 Å². The molecular formula is C43H31N3S2. The highest BCUT2D eigenvalue weighted by atomic mass is 32.2. The maximum absolute atomic E-state index is 5.02. The molecule has 0 atom stereocenters. The highest BCUT2D eigenvalue weighted by Gasteiger charge is 2.26. The Balaban J connectivity index is 1.12. The van der Waals surface area contributed by atoms with E-state index in [0.29, 0.717) is 0 Å². The van der Waals surface area contributed by atoms with Gasteiger partial charge in [0.25, 0.3) is 0 Å². The lowest BCUT2D eigenvalue weighted by Crippen LogP contribution is -2.17. The number of rotatable bonds is 6. The van der Waals surface area contributed by atoms with Crippen LogP contribution < -0.4 is 10.2 Å². The van der Waals surface area contributed by atoms with Gasteiger partial charge in [0.15, 0.2) is 0 Å². The van der Waals surface area contributed by atoms with E-state index in [4.69, 9.17) is 4.98 Å². The maximum atomic E-state index is 5.02. The van der Waals surface area contributed by atoms with Crippen molar-refractivity contribution in [1.82, 2.24) is 4.98 Å². The summed E-state index contributed by atoms with van der Waals surface area (Å²) in [5, 5.41) is 10.8. The lowest BCUT2D eigenvalue weighted by Gasteiger charge is -2.28. The third kappa shape index (κ3) is 5.51. The van der Waals surface area contributed by atoms with Crippen molar-refractivity contribution < 1.29 is 0 Å². The monoisotopic (exact) mass is 653 g/mol. The van der Waals surface area contributed by atoms with Crippen LogP contribution in [0.2, 0.25) is 0 Å². The van der Waals surface area contributed by atoms with E-state index in [-0.39, 0.29) is 0 Å². The molecule has 0 bridgehead atoms. The predicted octanol–water partition coefficient (Wildman–Crippen LogP) is 12.5. The van der Waals surface area contributed by atoms with Crippen LogP contribution in [0.25, 0.3) is 37.8 Å². The molecule has 0 saturated heterocycles. The smallest absolute Gasteiger partial charge is 0.117 e. The first-order valence-corrected chi connectivity index (χ1v) is 17.9. The van der Waals surface area contributed by atoms with E-state index in [0.717, 1.165) is 39.8 Å². The Bertz CT molecular complexity index is 2310. The van der Waals surface area contributed by atoms with Crippen molar-refractivity contribution in [3.63, 3.8) is 0 Å². The van der Waals surface area contributed by atoms with Crippen LogP contribution in [-0.2, 0) is 0 Å². The Morgan fingerprint density at radius 2 is 1.25 bits per heavy atom. The molecule has 1 aromatic heterocycles. The second-order valence-electron chi connectivity index (χ2n) is 12.1. The van der Waals surface area contributed by atoms with E-state index in [2.05, 4.69) is 168 Å². The second-order valence-corrected chi connectivity index (χ2v) is 14.2. The van der Waals surface area contributed by atoms with Crippen molar-refractivity contribution in [2.24, 2.45) is 0 Å². The summed E-state index contributed by atoms with van der Waals surface area (Å²) < 4.78 is 1.21. The van der Waals surface area contributed by atoms with Gasteiger partial charge in [-0.05, 0) is 106 Å². The van der Waals surface area contributed by atoms with Gasteiger partial charge >= 0.3 is 0 Å². The summed E-state index contributed by atoms with van der Waals surface area (Å²) in [5.74, 6) is 0. The van der Waals surface area contributed by atoms with Crippen molar-refractivity contribution in [3.8, 4) is 0 Å². The maximum Gasteiger partial charge on any atom is 0.117 e. The van der Waals surface area contributed by atoms with Gasteiger partial charge in [-0.15, -0.1) is 11.3 Å². The molecule has 0 saturated carbocycles. The first kappa shape index (κ1) is 28.8. The Morgan fingerprint density at radius 1 is 0.625 bits per heavy atom. The lowest BCUT2D eigenvalue weighted by atomic mass is 10.1. The molecule has 2 heterocycles. The molecule has 48 heavy (non-hydrogen) atoms. The molecule has 2 aliphatic rings. The van der Waals surface area contributed by atoms with Crippen LogP contribution in [0.4, 0.5) is 17.1 Å². The van der Waals surface area contributed by atoms with Gasteiger partial charge in [0.1, 0.15) is 5.01 Å². The van der Waals surface area contributed by atoms with Gasteiger partial charge in [-0.25, -0.2) is 4.98 Å². The summed E-state index contributed by atoms with van der Waals surface area (Å²) in [6.07, 6.45) is 11.0. The number of fused-ring (bicyclic) bond motifs is 4. The predicted molar refractivity (Wildman–Crippen MR) is 207 cm³/mol. The van der Waals surface area contributed by atoms with Gasteiger partial charge in [-0.3, -0.25) is 0 Å². The van der Waals surface area contributed by atoms with Crippen LogP contribution in [0, 0.1) is 0 Å². The average Bonchev–Trinajstić information content (AvgIpc) is 3.84. The number of anilines is 3. The summed E-state index contributed by atoms with van der Waals surface area (Å²) in [6.45, 7) is 0. The highest BCUT2D eigenvalue weighted by molar-refractivity contribution is 8.03. The topological polar surface area (TPSA) is 28.2 Å². The Hall–Kier alpha value is -5.36. The standard InChI is InChI=1S/C43H31N3S2/c1-3-15-35(16-4-1)46(36-17-5-2-6-18-36)43-29(21-23-41-44-37-25-31-11-7-9-13-33(31)27-39(37)47-41)19-20-30(43)22-24-42-45-38-26-32-12-8-10-14-34(32)28-40(38)48-42/h1-18,21-28,44H,19-20H2/b24-22?,29-21?,41-23+. The van der Waals surface area contributed by atoms with Crippen molar-refractivity contribution in [3.05, 3.63) is 179 Å². The molecule has 6 aromatic carbocycles. The van der Waals surface area contributed by atoms with Crippen LogP contribution in [0.1, 0.15) is 17.8 Å². The summed E-state index contributed by atoms with van der Waals surface area (Å²) >= 11 is 3.55. The summed E-state index contributed by atoms with van der Waals surface area (Å²) in [5.41, 5.74) is 8.36. The lowest BCUT2D eigenvalue weighted by molar-refractivity contribution is 1.03. The van der Waals surface area contributed by atoms with Gasteiger partial charge in [0.05, 0.1) is 26.6 Å². The quantitative estimate of drug-likeness (QED) is 0.193. The number of nitrogens with one attached hydrogen (secondary N) is 1. The minimum absolute atomic E-state index is 0.956. The Labute approximate surface area is 288 Å². The van der Waals surface area contributed by atoms with Gasteiger partial charge in [0.2, 0.25) is 0 Å². The first-order chi connectivity index (χ1) is 23.7. The number of nitrogens with zero attached hydrogens (tertiary/aromatic N) is 2. The van der Waals surface area contributed by atoms with Crippen molar-refractivity contribution in [2.75, 3.05) is 10.2 Å². The summed E-state index contributed by atoms with van der Waals surface area (Å²) in [7, 11) is 0. The van der Waals surface area contributed by atoms with Gasteiger partial charge in [-0.2, -0.15) is 0 Å². The molecule has 0 spiro atoms. The zero-order valence-electron chi connectivity index (χ0n) is 26.1. The number of aromatic nitrogens is 1. The van der Waals surface area contributed by atoms with Gasteiger partial charge in [0, 0.05) is 16.3 Å². The number of thiazole rings is 1. The normalized spacial score (nSPS) is 16.2. The van der Waals surface area contributed by atoms with E-state index in [1.165, 1.54) is 53.7 Å². The first-order valence-electron chi connectivity index (χ1n) is 16.2. The third-order valence-corrected chi connectivity index (χ3v) is 11.0. The molecule has 0 amide bonds. The Kier molecular flexibility index (Phi) is 7.41. The highest BCUT2D eigenvalue weighted by Crippen LogP contribution is 2.45. The van der Waals surface area contributed by atoms with E-state index in [1.54, 1.807) is 23.1 Å². The SMILES string of the molecule is C(=Cc1nc2cc3ccccc3cc2s1)C1=C(N(c2ccccc2)c2ccccc2)C(=C/C=C2\Nc3cc4ccccc4cc3S2)CC1. The number of allylic oxidation sites excluding steroid dienone is 5. The molecular weight excluding hydrogens is 623 g/mol. The summed E-state index contributed by atoms with van der Waals surface area (Å²) in [4.78, 5) is 8.70. The van der Waals surface area contributed by atoms with Crippen LogP contribution in [0.5, 0.6) is 0 Å². The van der Waals surface area contributed by atoms with E-state index < -0.39 is 0 Å². The zero-order chi connectivity index (χ0) is 31.9. The van der Waals surface area contributed by atoms with Crippen LogP contribution in [-0.4, -0.2) is 4.98 Å². The molecule has 5 heteroatoms. The second kappa shape index (κ2) is 12.3. The zero-order valence-corrected chi connectivity index (χ0v) is 27.8. The Morgan fingerprint density at radius 3 is 1.96 bits per heavy atom. The molecule has 9 rings (SSSR count). The minimum atomic E-state index is 0.956. The molecule has 1 aliphatic heterocycles. The number of hydrogen-bond donors (Lipinski definition) is 1. The van der Waals surface area contributed by atoms with Crippen molar-refractivity contribution in [2.45, 2.75) is 17.7 Å². The number of thioether (sulfide) groups is 1. The number of benzene rings is 6. The molecule has 0 unspecified atom stereocenters. The van der Waals surface area contributed by atoms with Crippen LogP contribution >= 0.6 is 23.1 Å². The minimum Gasteiger partial charge on any atom is -0.349 e. The fourth-order valence-corrected chi connectivity index (χ4v) is 8.53. The molecule has 3 nitrogen and oxygen atoms in total. The molecule has 230 valence electrons. The molecule has 7 aromatic rings. The molecule has 0 fully saturated rings. The van der Waals surface area contributed by atoms with Crippen LogP contribution in [0.3, 0.4) is 0 Å². The van der Waals surface area contributed by atoms with Crippen molar-refractivity contribution in [1.29, 1.82) is 0 Å². The summed E-state index contributed by atoms with van der Waals surface area (Å²) in [6, 6.07) is 47.5. The molecule has 1 N–H and O–H groups in total. The number of para-hydroxylation sites is 2. The van der Waals surface area contributed by atoms with Gasteiger partial charge < -0.3 is 10.2 Å². The molecule has 1 aliphatic carbocycles. The largest absolute Gasteiger partial charge is 0.349 e. The number of hydrogen-bond acceptors (Lipinski definition) is 5. The van der Waals surface area contributed by atoms with Gasteiger partial charge in [-0.1, -0.05) is 109 Å². The van der Waals surface area contributed by atoms with E-state index in [1.807, 2.05) is 0 Å².